The fraction of sp³-hybridized carbons (Fsp3) is 0.833. The van der Waals surface area contributed by atoms with Crippen LogP contribution in [0.4, 0.5) is 0 Å². The summed E-state index contributed by atoms with van der Waals surface area (Å²) in [7, 11) is 1.16. The summed E-state index contributed by atoms with van der Waals surface area (Å²) in [6.07, 6.45) is 18.2. The van der Waals surface area contributed by atoms with Gasteiger partial charge in [0.1, 0.15) is 0 Å². The van der Waals surface area contributed by atoms with Crippen LogP contribution >= 0.6 is 31.9 Å². The molecule has 0 aliphatic rings. The summed E-state index contributed by atoms with van der Waals surface area (Å²) in [6, 6.07) is 0. The van der Waals surface area contributed by atoms with Crippen LogP contribution in [-0.2, 0) is 9.53 Å². The van der Waals surface area contributed by atoms with Gasteiger partial charge in [-0.2, -0.15) is 0 Å². The van der Waals surface area contributed by atoms with Crippen molar-refractivity contribution in [3.05, 3.63) is 12.7 Å². The zero-order valence-corrected chi connectivity index (χ0v) is 19.9. The number of hydrogen-bond donors (Lipinski definition) is 0. The minimum atomic E-state index is -0.305. The summed E-state index contributed by atoms with van der Waals surface area (Å²) in [5.41, 5.74) is 0. The van der Waals surface area contributed by atoms with Crippen LogP contribution in [0.15, 0.2) is 12.7 Å². The number of rotatable bonds is 16. The molecule has 0 aliphatic carbocycles. The molecule has 0 bridgehead atoms. The van der Waals surface area contributed by atoms with Crippen molar-refractivity contribution < 1.29 is 9.53 Å². The molecule has 0 saturated carbocycles. The van der Waals surface area contributed by atoms with E-state index >= 15 is 0 Å². The van der Waals surface area contributed by atoms with Gasteiger partial charge in [0, 0.05) is 16.3 Å². The second-order valence-corrected chi connectivity index (χ2v) is 15.6. The number of alkyl halides is 2. The predicted octanol–water partition coefficient (Wildman–Crippen LogP) is 5.60. The molecule has 136 valence electrons. The van der Waals surface area contributed by atoms with Crippen LogP contribution in [0.2, 0.25) is 0 Å². The van der Waals surface area contributed by atoms with Crippen LogP contribution in [-0.4, -0.2) is 25.7 Å². The van der Waals surface area contributed by atoms with E-state index in [1.807, 2.05) is 0 Å². The minimum absolute atomic E-state index is 0.271. The van der Waals surface area contributed by atoms with Crippen molar-refractivity contribution in [2.45, 2.75) is 86.3 Å². The number of unbranched alkanes of at least 4 members (excludes halogenated alkanes) is 11. The Balaban J connectivity index is 3.08. The largest absolute Gasteiger partial charge is 0.463 e. The monoisotopic (exact) mass is 468 g/mol. The molecule has 0 heterocycles. The summed E-state index contributed by atoms with van der Waals surface area (Å²) in [5, 5.41) is 0. The lowest BCUT2D eigenvalue weighted by Gasteiger charge is -2.13. The van der Waals surface area contributed by atoms with Crippen LogP contribution in [0.5, 0.6) is 0 Å². The molecule has 0 N–H and O–H groups in total. The maximum Gasteiger partial charge on any atom is 0.330 e. The van der Waals surface area contributed by atoms with Gasteiger partial charge in [0.05, 0.1) is 9.46 Å². The molecule has 0 unspecified atom stereocenters. The molecule has 0 aliphatic heterocycles. The Morgan fingerprint density at radius 3 is 1.65 bits per heavy atom. The molecule has 0 aromatic rings. The van der Waals surface area contributed by atoms with Gasteiger partial charge in [-0.25, -0.2) is 4.79 Å². The van der Waals surface area contributed by atoms with Gasteiger partial charge < -0.3 is 4.74 Å². The fourth-order valence-electron chi connectivity index (χ4n) is 2.54. The van der Waals surface area contributed by atoms with E-state index in [4.69, 9.17) is 4.74 Å². The van der Waals surface area contributed by atoms with Crippen molar-refractivity contribution in [3.8, 4) is 0 Å². The number of carbonyl (C=O) groups is 1. The average Bonchev–Trinajstić information content (AvgIpc) is 2.49. The molecule has 0 atom stereocenters. The molecule has 0 spiro atoms. The summed E-state index contributed by atoms with van der Waals surface area (Å²) < 4.78 is 5.22. The summed E-state index contributed by atoms with van der Waals surface area (Å²) in [4.78, 5) is 10.8. The van der Waals surface area contributed by atoms with E-state index in [0.29, 0.717) is 6.61 Å². The third-order valence-corrected chi connectivity index (χ3v) is 5.21. The molecule has 0 fully saturated rings. The Morgan fingerprint density at radius 1 is 0.870 bits per heavy atom. The Morgan fingerprint density at radius 2 is 1.26 bits per heavy atom. The number of esters is 1. The second-order valence-electron chi connectivity index (χ2n) is 6.43. The molecule has 2 nitrogen and oxygen atoms in total. The van der Waals surface area contributed by atoms with Crippen molar-refractivity contribution in [3.63, 3.8) is 0 Å². The zero-order chi connectivity index (χ0) is 17.4. The summed E-state index contributed by atoms with van der Waals surface area (Å²) in [5.74, 6) is -0.305. The molecular formula is C18H34Br2O2Si. The Kier molecular flexibility index (Phi) is 16.2. The zero-order valence-electron chi connectivity index (χ0n) is 14.8. The average molecular weight is 470 g/mol. The smallest absolute Gasteiger partial charge is 0.330 e. The normalized spacial score (nSPS) is 11.6. The first-order chi connectivity index (χ1) is 11.0. The molecular weight excluding hydrogens is 436 g/mol. The highest BCUT2D eigenvalue weighted by atomic mass is 79.9. The van der Waals surface area contributed by atoms with Gasteiger partial charge in [-0.05, 0) is 12.8 Å². The van der Waals surface area contributed by atoms with Crippen LogP contribution in [0.1, 0.15) is 83.5 Å². The van der Waals surface area contributed by atoms with E-state index < -0.39 is 0 Å². The quantitative estimate of drug-likeness (QED) is 0.0966. The first-order valence-corrected chi connectivity index (χ1v) is 11.7. The maximum atomic E-state index is 10.8. The van der Waals surface area contributed by atoms with Gasteiger partial charge in [0.15, 0.2) is 0 Å². The van der Waals surface area contributed by atoms with Crippen molar-refractivity contribution in [2.75, 3.05) is 6.61 Å². The van der Waals surface area contributed by atoms with Gasteiger partial charge in [-0.3, -0.25) is 0 Å². The number of carbonyl (C=O) groups excluding carboxylic acids is 1. The van der Waals surface area contributed by atoms with E-state index in [1.54, 1.807) is 0 Å². The number of halogens is 2. The minimum Gasteiger partial charge on any atom is -0.463 e. The highest BCUT2D eigenvalue weighted by Crippen LogP contribution is 2.28. The number of hydrogen-bond acceptors (Lipinski definition) is 2. The Labute approximate surface area is 162 Å². The van der Waals surface area contributed by atoms with Gasteiger partial charge in [-0.15, -0.1) is 0 Å². The second kappa shape index (κ2) is 15.9. The van der Waals surface area contributed by atoms with Crippen LogP contribution in [0.3, 0.4) is 0 Å². The molecule has 0 rings (SSSR count). The lowest BCUT2D eigenvalue weighted by atomic mass is 10.0. The van der Waals surface area contributed by atoms with Crippen molar-refractivity contribution in [1.29, 1.82) is 0 Å². The standard InChI is InChI=1S/C18H34Br2O2Si/c1-2-17(21)22-16-14-12-10-8-6-4-3-5-7-9-11-13-15-18(19,20)23/h2H,1,3-16H2,23H3. The molecule has 23 heavy (non-hydrogen) atoms. The van der Waals surface area contributed by atoms with Crippen molar-refractivity contribution >= 4 is 48.1 Å². The van der Waals surface area contributed by atoms with E-state index in [0.717, 1.165) is 23.1 Å². The SMILES string of the molecule is C=CC(=O)OCCCCCCCCCCCCCCC([SiH3])(Br)Br. The van der Waals surface area contributed by atoms with Gasteiger partial charge in [0.25, 0.3) is 0 Å². The predicted molar refractivity (Wildman–Crippen MR) is 112 cm³/mol. The molecule has 0 radical (unpaired) electrons. The number of ether oxygens (including phenoxy) is 1. The highest BCUT2D eigenvalue weighted by molar-refractivity contribution is 9.26. The Hall–Kier alpha value is 0.387. The third kappa shape index (κ3) is 20.3. The molecule has 0 aromatic carbocycles. The van der Waals surface area contributed by atoms with Gasteiger partial charge in [-0.1, -0.05) is 109 Å². The van der Waals surface area contributed by atoms with E-state index in [2.05, 4.69) is 38.4 Å². The summed E-state index contributed by atoms with van der Waals surface area (Å²) in [6.45, 7) is 3.92. The van der Waals surface area contributed by atoms with E-state index in [1.165, 1.54) is 76.7 Å². The first kappa shape index (κ1) is 23.4. The van der Waals surface area contributed by atoms with E-state index in [-0.39, 0.29) is 8.83 Å². The highest BCUT2D eigenvalue weighted by Gasteiger charge is 2.13. The van der Waals surface area contributed by atoms with E-state index in [9.17, 15) is 4.79 Å². The van der Waals surface area contributed by atoms with Crippen LogP contribution in [0, 0.1) is 0 Å². The van der Waals surface area contributed by atoms with Gasteiger partial charge >= 0.3 is 5.97 Å². The molecule has 0 amide bonds. The lowest BCUT2D eigenvalue weighted by molar-refractivity contribution is -0.137. The van der Waals surface area contributed by atoms with Crippen LogP contribution < -0.4 is 0 Å². The maximum absolute atomic E-state index is 10.8. The fourth-order valence-corrected chi connectivity index (χ4v) is 3.45. The first-order valence-electron chi connectivity index (χ1n) is 9.13. The van der Waals surface area contributed by atoms with Crippen molar-refractivity contribution in [1.82, 2.24) is 0 Å². The summed E-state index contributed by atoms with van der Waals surface area (Å²) >= 11 is 7.36. The Bertz CT molecular complexity index is 304. The van der Waals surface area contributed by atoms with Gasteiger partial charge in [0.2, 0.25) is 0 Å². The topological polar surface area (TPSA) is 26.3 Å². The molecule has 0 aromatic heterocycles. The van der Waals surface area contributed by atoms with Crippen LogP contribution in [0.25, 0.3) is 0 Å². The molecule has 0 saturated heterocycles. The lowest BCUT2D eigenvalue weighted by Crippen LogP contribution is -2.09. The molecule has 5 heteroatoms. The third-order valence-electron chi connectivity index (χ3n) is 3.92. The van der Waals surface area contributed by atoms with Crippen molar-refractivity contribution in [2.24, 2.45) is 0 Å².